The molecule has 46 heavy (non-hydrogen) atoms. The second-order valence-corrected chi connectivity index (χ2v) is 12.8. The lowest BCUT2D eigenvalue weighted by Gasteiger charge is -2.42. The van der Waals surface area contributed by atoms with Gasteiger partial charge in [0.25, 0.3) is 0 Å². The third kappa shape index (κ3) is 9.23. The number of ether oxygens (including phenoxy) is 3. The minimum atomic E-state index is -0.729. The molecule has 0 atom stereocenters. The van der Waals surface area contributed by atoms with Gasteiger partial charge in [0.15, 0.2) is 0 Å². The van der Waals surface area contributed by atoms with Crippen LogP contribution in [0.5, 0.6) is 11.5 Å². The molecule has 248 valence electrons. The third-order valence-corrected chi connectivity index (χ3v) is 8.83. The molecule has 0 saturated heterocycles. The Bertz CT molecular complexity index is 1330. The smallest absolute Gasteiger partial charge is 0.419 e. The Balaban J connectivity index is 1.25. The molecule has 0 aromatic heterocycles. The zero-order valence-electron chi connectivity index (χ0n) is 27.2. The highest BCUT2D eigenvalue weighted by Crippen LogP contribution is 2.36. The second-order valence-electron chi connectivity index (χ2n) is 12.8. The van der Waals surface area contributed by atoms with E-state index < -0.39 is 12.1 Å². The zero-order valence-corrected chi connectivity index (χ0v) is 27.2. The highest BCUT2D eigenvalue weighted by Gasteiger charge is 2.32. The fourth-order valence-corrected chi connectivity index (χ4v) is 6.76. The Morgan fingerprint density at radius 3 is 2.24 bits per heavy atom. The molecular formula is C36H48N4O6. The first-order chi connectivity index (χ1) is 22.4. The van der Waals surface area contributed by atoms with Crippen LogP contribution in [0, 0.1) is 0 Å². The van der Waals surface area contributed by atoms with Gasteiger partial charge in [-0.05, 0) is 64.2 Å². The number of benzene rings is 2. The maximum absolute atomic E-state index is 13.6. The molecule has 1 heterocycles. The van der Waals surface area contributed by atoms with Crippen molar-refractivity contribution in [1.82, 2.24) is 15.1 Å². The summed E-state index contributed by atoms with van der Waals surface area (Å²) in [6.45, 7) is 4.14. The molecule has 2 saturated carbocycles. The van der Waals surface area contributed by atoms with Gasteiger partial charge in [-0.2, -0.15) is 0 Å². The van der Waals surface area contributed by atoms with Crippen LogP contribution in [0.2, 0.25) is 0 Å². The highest BCUT2D eigenvalue weighted by atomic mass is 16.6. The van der Waals surface area contributed by atoms with E-state index in [1.165, 1.54) is 38.5 Å². The molecule has 0 bridgehead atoms. The Labute approximate surface area is 272 Å². The average Bonchev–Trinajstić information content (AvgIpc) is 3.04. The van der Waals surface area contributed by atoms with Crippen molar-refractivity contribution >= 4 is 29.6 Å². The number of nitrogens with one attached hydrogen (secondary N) is 1. The van der Waals surface area contributed by atoms with Gasteiger partial charge in [0, 0.05) is 30.6 Å². The fraction of sp³-hybridized carbons (Fsp3) is 0.556. The minimum Gasteiger partial charge on any atom is -0.491 e. The van der Waals surface area contributed by atoms with Gasteiger partial charge in [0.1, 0.15) is 23.7 Å². The number of amides is 2. The van der Waals surface area contributed by atoms with Crippen LogP contribution < -0.4 is 14.8 Å². The average molecular weight is 633 g/mol. The number of carbonyl (C=O) groups is 3. The van der Waals surface area contributed by atoms with Gasteiger partial charge in [0.2, 0.25) is 11.9 Å². The van der Waals surface area contributed by atoms with Gasteiger partial charge >= 0.3 is 12.1 Å². The van der Waals surface area contributed by atoms with Crippen LogP contribution >= 0.6 is 0 Å². The molecule has 2 amide bonds. The van der Waals surface area contributed by atoms with Gasteiger partial charge in [0.05, 0.1) is 12.7 Å². The van der Waals surface area contributed by atoms with Crippen LogP contribution in [0.4, 0.5) is 10.5 Å². The molecule has 0 unspecified atom stereocenters. The Morgan fingerprint density at radius 2 is 1.59 bits per heavy atom. The predicted octanol–water partition coefficient (Wildman–Crippen LogP) is 6.88. The van der Waals surface area contributed by atoms with E-state index in [9.17, 15) is 14.4 Å². The number of hydrogen-bond acceptors (Lipinski definition) is 8. The molecule has 2 aliphatic carbocycles. The van der Waals surface area contributed by atoms with E-state index in [2.05, 4.69) is 10.2 Å². The summed E-state index contributed by atoms with van der Waals surface area (Å²) < 4.78 is 17.0. The van der Waals surface area contributed by atoms with Crippen molar-refractivity contribution in [2.24, 2.45) is 4.99 Å². The minimum absolute atomic E-state index is 0.103. The summed E-state index contributed by atoms with van der Waals surface area (Å²) in [5.74, 6) is 0.920. The van der Waals surface area contributed by atoms with Crippen LogP contribution in [0.1, 0.15) is 96.5 Å². The summed E-state index contributed by atoms with van der Waals surface area (Å²) in [5, 5.41) is 2.70. The number of rotatable bonds is 11. The second kappa shape index (κ2) is 16.5. The Kier molecular flexibility index (Phi) is 11.9. The van der Waals surface area contributed by atoms with Crippen molar-refractivity contribution in [3.05, 3.63) is 54.1 Å². The van der Waals surface area contributed by atoms with Crippen LogP contribution in [0.15, 0.2) is 53.5 Å². The lowest BCUT2D eigenvalue weighted by atomic mass is 9.88. The maximum Gasteiger partial charge on any atom is 0.419 e. The fourth-order valence-electron chi connectivity index (χ4n) is 6.76. The summed E-state index contributed by atoms with van der Waals surface area (Å²) in [4.78, 5) is 47.6. The molecule has 2 fully saturated rings. The van der Waals surface area contributed by atoms with Crippen molar-refractivity contribution in [2.45, 2.75) is 116 Å². The van der Waals surface area contributed by atoms with Gasteiger partial charge in [-0.25, -0.2) is 9.79 Å². The number of nitrogens with zero attached hydrogens (tertiary/aromatic N) is 3. The molecule has 2 aromatic rings. The summed E-state index contributed by atoms with van der Waals surface area (Å²) in [6, 6.07) is 15.1. The summed E-state index contributed by atoms with van der Waals surface area (Å²) >= 11 is 0. The number of aliphatic imine (C=N–C) groups is 1. The van der Waals surface area contributed by atoms with Crippen molar-refractivity contribution < 1.29 is 28.6 Å². The molecule has 2 aromatic carbocycles. The molecule has 0 radical (unpaired) electrons. The van der Waals surface area contributed by atoms with Crippen LogP contribution in [-0.4, -0.2) is 65.1 Å². The predicted molar refractivity (Wildman–Crippen MR) is 176 cm³/mol. The van der Waals surface area contributed by atoms with E-state index in [4.69, 9.17) is 19.2 Å². The molecule has 0 spiro atoms. The van der Waals surface area contributed by atoms with Gasteiger partial charge < -0.3 is 24.0 Å². The molecule has 3 aliphatic rings. The first kappa shape index (κ1) is 33.3. The normalized spacial score (nSPS) is 17.1. The third-order valence-electron chi connectivity index (χ3n) is 8.83. The molecule has 5 rings (SSSR count). The monoisotopic (exact) mass is 632 g/mol. The van der Waals surface area contributed by atoms with E-state index in [-0.39, 0.29) is 24.5 Å². The number of hydrogen-bond donors (Lipinski definition) is 1. The zero-order chi connectivity index (χ0) is 32.3. The number of fused-ring (bicyclic) bond motifs is 1. The van der Waals surface area contributed by atoms with Crippen LogP contribution in [0.3, 0.4) is 0 Å². The van der Waals surface area contributed by atoms with E-state index in [0.717, 1.165) is 31.2 Å². The summed E-state index contributed by atoms with van der Waals surface area (Å²) in [6.07, 6.45) is 11.9. The first-order valence-electron chi connectivity index (χ1n) is 17.0. The maximum atomic E-state index is 13.6. The van der Waals surface area contributed by atoms with E-state index in [0.29, 0.717) is 55.3 Å². The quantitative estimate of drug-likeness (QED) is 0.212. The molecular weight excluding hydrogens is 584 g/mol. The molecule has 1 aliphatic heterocycles. The van der Waals surface area contributed by atoms with Gasteiger partial charge in [-0.1, -0.05) is 68.9 Å². The lowest BCUT2D eigenvalue weighted by Crippen LogP contribution is -2.48. The summed E-state index contributed by atoms with van der Waals surface area (Å²) in [7, 11) is 0. The Morgan fingerprint density at radius 1 is 0.913 bits per heavy atom. The lowest BCUT2D eigenvalue weighted by molar-refractivity contribution is -0.148. The number of esters is 1. The van der Waals surface area contributed by atoms with E-state index >= 15 is 0 Å². The van der Waals surface area contributed by atoms with E-state index in [1.54, 1.807) is 43.0 Å². The van der Waals surface area contributed by atoms with Crippen molar-refractivity contribution in [3.8, 4) is 11.5 Å². The number of para-hydroxylation sites is 2. The first-order valence-corrected chi connectivity index (χ1v) is 17.0. The molecule has 1 N–H and O–H groups in total. The Hall–Kier alpha value is -4.08. The largest absolute Gasteiger partial charge is 0.491 e. The molecule has 10 heteroatoms. The van der Waals surface area contributed by atoms with Gasteiger partial charge in [-0.3, -0.25) is 14.9 Å². The van der Waals surface area contributed by atoms with Crippen molar-refractivity contribution in [3.63, 3.8) is 0 Å². The number of guanidine groups is 1. The standard InChI is InChI=1S/C36H48N4O6/c1-26(2)45-33(42)25-39-24-27-14-12-21-31(34(27)37-35(39)38-36(43)46-30-19-10-5-11-20-30)44-23-13-22-32(41)40(28-15-6-3-7-16-28)29-17-8-4-9-18-29/h5,10-12,14,19-21,26,28-29H,3-4,6-9,13,15-18,22-25H2,1-2H3,(H,37,38,43). The SMILES string of the molecule is CC(C)OC(=O)CN1Cc2cccc(OCCCC(=O)N(C3CCCCC3)C3CCCCC3)c2N=C1NC(=O)Oc1ccccc1. The van der Waals surface area contributed by atoms with Crippen LogP contribution in [-0.2, 0) is 20.9 Å². The van der Waals surface area contributed by atoms with E-state index in [1.807, 2.05) is 24.3 Å². The van der Waals surface area contributed by atoms with Gasteiger partial charge in [-0.15, -0.1) is 0 Å². The number of carbonyl (C=O) groups excluding carboxylic acids is 3. The van der Waals surface area contributed by atoms with Crippen molar-refractivity contribution in [2.75, 3.05) is 13.2 Å². The topological polar surface area (TPSA) is 110 Å². The van der Waals surface area contributed by atoms with Crippen LogP contribution in [0.25, 0.3) is 0 Å². The molecule has 10 nitrogen and oxygen atoms in total. The highest BCUT2D eigenvalue weighted by molar-refractivity contribution is 5.98. The van der Waals surface area contributed by atoms with Crippen molar-refractivity contribution in [1.29, 1.82) is 0 Å². The summed E-state index contributed by atoms with van der Waals surface area (Å²) in [5.41, 5.74) is 1.41.